The molecule has 26 heavy (non-hydrogen) atoms. The predicted molar refractivity (Wildman–Crippen MR) is 102 cm³/mol. The predicted octanol–water partition coefficient (Wildman–Crippen LogP) is 4.33. The molecule has 0 bridgehead atoms. The Balaban J connectivity index is 1.59. The summed E-state index contributed by atoms with van der Waals surface area (Å²) < 4.78 is 5.27. The van der Waals surface area contributed by atoms with Crippen molar-refractivity contribution < 1.29 is 9.32 Å². The van der Waals surface area contributed by atoms with E-state index >= 15 is 0 Å². The highest BCUT2D eigenvalue weighted by molar-refractivity contribution is 5.90. The second-order valence-corrected chi connectivity index (χ2v) is 6.49. The number of amides is 1. The van der Waals surface area contributed by atoms with E-state index < -0.39 is 0 Å². The van der Waals surface area contributed by atoms with Crippen LogP contribution in [0.4, 0.5) is 11.6 Å². The van der Waals surface area contributed by atoms with Crippen LogP contribution in [0.2, 0.25) is 0 Å². The normalized spacial score (nSPS) is 10.7. The Labute approximate surface area is 152 Å². The van der Waals surface area contributed by atoms with Gasteiger partial charge in [0, 0.05) is 24.2 Å². The summed E-state index contributed by atoms with van der Waals surface area (Å²) in [6.07, 6.45) is 0.508. The standard InChI is InChI=1S/C20H22N4O2/c1-14(2)11-18(25)22-17-10-6-7-15(12-17)13-21-20-23-19(26-24-20)16-8-4-3-5-9-16/h3-10,12,14H,11,13H2,1-2H3,(H,21,24)(H,22,25). The van der Waals surface area contributed by atoms with Crippen molar-refractivity contribution in [1.82, 2.24) is 10.1 Å². The summed E-state index contributed by atoms with van der Waals surface area (Å²) in [5.41, 5.74) is 2.68. The summed E-state index contributed by atoms with van der Waals surface area (Å²) >= 11 is 0. The van der Waals surface area contributed by atoms with Crippen molar-refractivity contribution in [3.63, 3.8) is 0 Å². The van der Waals surface area contributed by atoms with Crippen molar-refractivity contribution in [3.05, 3.63) is 60.2 Å². The van der Waals surface area contributed by atoms with E-state index in [1.165, 1.54) is 0 Å². The first kappa shape index (κ1) is 17.7. The van der Waals surface area contributed by atoms with E-state index in [4.69, 9.17) is 4.52 Å². The molecule has 0 saturated carbocycles. The smallest absolute Gasteiger partial charge is 0.264 e. The Morgan fingerprint density at radius 2 is 1.92 bits per heavy atom. The van der Waals surface area contributed by atoms with Crippen molar-refractivity contribution in [2.24, 2.45) is 5.92 Å². The van der Waals surface area contributed by atoms with Crippen LogP contribution in [0.3, 0.4) is 0 Å². The number of benzene rings is 2. The number of rotatable bonds is 7. The molecule has 0 saturated heterocycles. The molecule has 2 aromatic carbocycles. The number of anilines is 2. The van der Waals surface area contributed by atoms with Crippen LogP contribution in [0.5, 0.6) is 0 Å². The van der Waals surface area contributed by atoms with Gasteiger partial charge in [-0.3, -0.25) is 4.79 Å². The lowest BCUT2D eigenvalue weighted by molar-refractivity contribution is -0.116. The maximum absolute atomic E-state index is 11.9. The zero-order chi connectivity index (χ0) is 18.4. The Morgan fingerprint density at radius 3 is 2.69 bits per heavy atom. The Morgan fingerprint density at radius 1 is 1.12 bits per heavy atom. The van der Waals surface area contributed by atoms with Gasteiger partial charge in [-0.25, -0.2) is 0 Å². The highest BCUT2D eigenvalue weighted by atomic mass is 16.5. The zero-order valence-electron chi connectivity index (χ0n) is 14.9. The minimum absolute atomic E-state index is 0.0239. The molecule has 1 heterocycles. The van der Waals surface area contributed by atoms with Gasteiger partial charge in [0.2, 0.25) is 5.91 Å². The molecule has 6 nitrogen and oxygen atoms in total. The molecular formula is C20H22N4O2. The summed E-state index contributed by atoms with van der Waals surface area (Å²) in [7, 11) is 0. The van der Waals surface area contributed by atoms with E-state index in [1.54, 1.807) is 0 Å². The van der Waals surface area contributed by atoms with Crippen LogP contribution in [-0.4, -0.2) is 16.0 Å². The second kappa shape index (κ2) is 8.29. The summed E-state index contributed by atoms with van der Waals surface area (Å²) in [6.45, 7) is 4.57. The van der Waals surface area contributed by atoms with Crippen molar-refractivity contribution in [2.75, 3.05) is 10.6 Å². The van der Waals surface area contributed by atoms with Gasteiger partial charge in [0.05, 0.1) is 0 Å². The fourth-order valence-corrected chi connectivity index (χ4v) is 2.52. The van der Waals surface area contributed by atoms with Crippen molar-refractivity contribution in [2.45, 2.75) is 26.8 Å². The van der Waals surface area contributed by atoms with Crippen LogP contribution >= 0.6 is 0 Å². The highest BCUT2D eigenvalue weighted by Gasteiger charge is 2.09. The molecule has 1 amide bonds. The summed E-state index contributed by atoms with van der Waals surface area (Å²) in [5, 5.41) is 10.0. The van der Waals surface area contributed by atoms with Crippen LogP contribution in [0.25, 0.3) is 11.5 Å². The molecule has 2 N–H and O–H groups in total. The fourth-order valence-electron chi connectivity index (χ4n) is 2.52. The maximum atomic E-state index is 11.9. The van der Waals surface area contributed by atoms with Gasteiger partial charge in [-0.1, -0.05) is 44.2 Å². The molecule has 0 aliphatic rings. The van der Waals surface area contributed by atoms with Crippen LogP contribution in [0, 0.1) is 5.92 Å². The number of hydrogen-bond donors (Lipinski definition) is 2. The number of nitrogens with one attached hydrogen (secondary N) is 2. The topological polar surface area (TPSA) is 80.0 Å². The number of nitrogens with zero attached hydrogens (tertiary/aromatic N) is 2. The number of aromatic nitrogens is 2. The molecule has 0 aliphatic heterocycles. The van der Waals surface area contributed by atoms with Gasteiger partial charge in [-0.15, -0.1) is 0 Å². The first-order valence-corrected chi connectivity index (χ1v) is 8.62. The molecule has 3 rings (SSSR count). The summed E-state index contributed by atoms with van der Waals surface area (Å²) in [5.74, 6) is 1.26. The Hall–Kier alpha value is -3.15. The largest absolute Gasteiger partial charge is 0.347 e. The van der Waals surface area contributed by atoms with Crippen LogP contribution in [0.15, 0.2) is 59.1 Å². The molecule has 134 valence electrons. The van der Waals surface area contributed by atoms with Crippen molar-refractivity contribution in [3.8, 4) is 11.5 Å². The SMILES string of the molecule is CC(C)CC(=O)Nc1cccc(CNc2noc(-c3ccccc3)n2)c1. The van der Waals surface area contributed by atoms with Gasteiger partial charge in [0.1, 0.15) is 0 Å². The first-order chi connectivity index (χ1) is 12.6. The van der Waals surface area contributed by atoms with E-state index in [2.05, 4.69) is 20.8 Å². The van der Waals surface area contributed by atoms with Crippen LogP contribution in [-0.2, 0) is 11.3 Å². The van der Waals surface area contributed by atoms with Crippen molar-refractivity contribution in [1.29, 1.82) is 0 Å². The Kier molecular flexibility index (Phi) is 5.63. The quantitative estimate of drug-likeness (QED) is 0.663. The minimum Gasteiger partial charge on any atom is -0.347 e. The Bertz CT molecular complexity index is 859. The third-order valence-corrected chi connectivity index (χ3v) is 3.70. The number of carbonyl (C=O) groups excluding carboxylic acids is 1. The molecule has 0 unspecified atom stereocenters. The number of carbonyl (C=O) groups is 1. The molecule has 6 heteroatoms. The molecule has 1 aromatic heterocycles. The van der Waals surface area contributed by atoms with Gasteiger partial charge >= 0.3 is 0 Å². The molecule has 3 aromatic rings. The second-order valence-electron chi connectivity index (χ2n) is 6.49. The van der Waals surface area contributed by atoms with Gasteiger partial charge in [-0.05, 0) is 40.9 Å². The van der Waals surface area contributed by atoms with Crippen LogP contribution < -0.4 is 10.6 Å². The lowest BCUT2D eigenvalue weighted by Gasteiger charge is -2.09. The third-order valence-electron chi connectivity index (χ3n) is 3.70. The maximum Gasteiger partial charge on any atom is 0.264 e. The van der Waals surface area contributed by atoms with E-state index in [-0.39, 0.29) is 5.91 Å². The van der Waals surface area contributed by atoms with Crippen molar-refractivity contribution >= 4 is 17.5 Å². The zero-order valence-corrected chi connectivity index (χ0v) is 14.9. The first-order valence-electron chi connectivity index (χ1n) is 8.62. The molecule has 0 spiro atoms. The minimum atomic E-state index is 0.0239. The van der Waals surface area contributed by atoms with Gasteiger partial charge in [0.15, 0.2) is 0 Å². The third kappa shape index (κ3) is 4.92. The van der Waals surface area contributed by atoms with E-state index in [1.807, 2.05) is 68.4 Å². The van der Waals surface area contributed by atoms with E-state index in [9.17, 15) is 4.79 Å². The van der Waals surface area contributed by atoms with E-state index in [0.29, 0.717) is 30.7 Å². The van der Waals surface area contributed by atoms with Crippen LogP contribution in [0.1, 0.15) is 25.8 Å². The highest BCUT2D eigenvalue weighted by Crippen LogP contribution is 2.18. The molecule has 0 aliphatic carbocycles. The van der Waals surface area contributed by atoms with Gasteiger partial charge < -0.3 is 15.2 Å². The lowest BCUT2D eigenvalue weighted by Crippen LogP contribution is -2.14. The molecular weight excluding hydrogens is 328 g/mol. The van der Waals surface area contributed by atoms with Gasteiger partial charge in [0.25, 0.3) is 11.8 Å². The molecule has 0 radical (unpaired) electrons. The van der Waals surface area contributed by atoms with E-state index in [0.717, 1.165) is 16.8 Å². The molecule has 0 atom stereocenters. The number of hydrogen-bond acceptors (Lipinski definition) is 5. The average molecular weight is 350 g/mol. The fraction of sp³-hybridized carbons (Fsp3) is 0.250. The average Bonchev–Trinajstić information content (AvgIpc) is 3.09. The summed E-state index contributed by atoms with van der Waals surface area (Å²) in [4.78, 5) is 16.2. The van der Waals surface area contributed by atoms with Gasteiger partial charge in [-0.2, -0.15) is 4.98 Å². The monoisotopic (exact) mass is 350 g/mol. The lowest BCUT2D eigenvalue weighted by atomic mass is 10.1. The summed E-state index contributed by atoms with van der Waals surface area (Å²) in [6, 6.07) is 17.3. The molecule has 0 fully saturated rings.